The molecule has 0 bridgehead atoms. The van der Waals surface area contributed by atoms with Crippen LogP contribution in [0.5, 0.6) is 0 Å². The van der Waals surface area contributed by atoms with Crippen LogP contribution in [-0.2, 0) is 4.79 Å². The Labute approximate surface area is 141 Å². The first-order valence-corrected chi connectivity index (χ1v) is 8.31. The van der Waals surface area contributed by atoms with Gasteiger partial charge in [0, 0.05) is 19.2 Å². The summed E-state index contributed by atoms with van der Waals surface area (Å²) in [6, 6.07) is 14.2. The minimum Gasteiger partial charge on any atom is -0.370 e. The summed E-state index contributed by atoms with van der Waals surface area (Å²) in [5.74, 6) is -0.610. The van der Waals surface area contributed by atoms with Crippen molar-refractivity contribution in [1.29, 1.82) is 0 Å². The van der Waals surface area contributed by atoms with E-state index >= 15 is 0 Å². The molecule has 124 valence electrons. The maximum atomic E-state index is 13.6. The summed E-state index contributed by atoms with van der Waals surface area (Å²) < 4.78 is 13.6. The third kappa shape index (κ3) is 4.22. The molecule has 24 heavy (non-hydrogen) atoms. The molecule has 0 radical (unpaired) electrons. The van der Waals surface area contributed by atoms with Crippen molar-refractivity contribution >= 4 is 23.4 Å². The number of anilines is 2. The Bertz CT molecular complexity index is 722. The number of nitrogens with zero attached hydrogens (tertiary/aromatic N) is 1. The van der Waals surface area contributed by atoms with Gasteiger partial charge in [-0.15, -0.1) is 0 Å². The van der Waals surface area contributed by atoms with Crippen LogP contribution in [0.25, 0.3) is 6.08 Å². The zero-order valence-corrected chi connectivity index (χ0v) is 13.5. The molecule has 1 saturated heterocycles. The van der Waals surface area contributed by atoms with Gasteiger partial charge < -0.3 is 10.2 Å². The van der Waals surface area contributed by atoms with Gasteiger partial charge in [-0.2, -0.15) is 0 Å². The minimum atomic E-state index is -0.349. The van der Waals surface area contributed by atoms with E-state index in [1.165, 1.54) is 24.6 Å². The number of carbonyl (C=O) groups is 1. The number of hydrogen-bond acceptors (Lipinski definition) is 2. The number of nitrogens with one attached hydrogen (secondary N) is 1. The zero-order chi connectivity index (χ0) is 16.8. The maximum absolute atomic E-state index is 13.6. The Kier molecular flexibility index (Phi) is 5.26. The van der Waals surface area contributed by atoms with Crippen LogP contribution < -0.4 is 10.2 Å². The average Bonchev–Trinajstić information content (AvgIpc) is 2.62. The number of carbonyl (C=O) groups excluding carboxylic acids is 1. The smallest absolute Gasteiger partial charge is 0.248 e. The fourth-order valence-electron chi connectivity index (χ4n) is 2.93. The van der Waals surface area contributed by atoms with Crippen LogP contribution in [0.2, 0.25) is 0 Å². The van der Waals surface area contributed by atoms with E-state index in [4.69, 9.17) is 0 Å². The molecule has 3 rings (SSSR count). The number of hydrogen-bond donors (Lipinski definition) is 1. The summed E-state index contributed by atoms with van der Waals surface area (Å²) in [7, 11) is 0. The SMILES string of the molecule is O=C(/C=C/c1ccccc1)Nc1cc(F)ccc1N1CCCCC1. The second-order valence-electron chi connectivity index (χ2n) is 5.94. The van der Waals surface area contributed by atoms with E-state index in [9.17, 15) is 9.18 Å². The van der Waals surface area contributed by atoms with Crippen LogP contribution in [-0.4, -0.2) is 19.0 Å². The molecule has 0 aliphatic carbocycles. The van der Waals surface area contributed by atoms with Crippen molar-refractivity contribution in [2.45, 2.75) is 19.3 Å². The number of amides is 1. The van der Waals surface area contributed by atoms with Gasteiger partial charge in [0.1, 0.15) is 5.82 Å². The lowest BCUT2D eigenvalue weighted by atomic mass is 10.1. The summed E-state index contributed by atoms with van der Waals surface area (Å²) in [4.78, 5) is 14.4. The summed E-state index contributed by atoms with van der Waals surface area (Å²) in [5.41, 5.74) is 2.36. The van der Waals surface area contributed by atoms with Crippen LogP contribution >= 0.6 is 0 Å². The van der Waals surface area contributed by atoms with E-state index < -0.39 is 0 Å². The van der Waals surface area contributed by atoms with Crippen molar-refractivity contribution < 1.29 is 9.18 Å². The van der Waals surface area contributed by atoms with Crippen LogP contribution in [0, 0.1) is 5.82 Å². The average molecular weight is 324 g/mol. The van der Waals surface area contributed by atoms with Gasteiger partial charge >= 0.3 is 0 Å². The van der Waals surface area contributed by atoms with Gasteiger partial charge in [-0.05, 0) is 49.1 Å². The molecule has 0 atom stereocenters. The van der Waals surface area contributed by atoms with Gasteiger partial charge in [-0.25, -0.2) is 4.39 Å². The first-order chi connectivity index (χ1) is 11.7. The highest BCUT2D eigenvalue weighted by Gasteiger charge is 2.16. The molecule has 4 heteroatoms. The number of halogens is 1. The predicted molar refractivity (Wildman–Crippen MR) is 96.6 cm³/mol. The Hall–Kier alpha value is -2.62. The summed E-state index contributed by atoms with van der Waals surface area (Å²) >= 11 is 0. The summed E-state index contributed by atoms with van der Waals surface area (Å²) in [6.45, 7) is 1.88. The minimum absolute atomic E-state index is 0.261. The second-order valence-corrected chi connectivity index (χ2v) is 5.94. The molecule has 3 nitrogen and oxygen atoms in total. The Morgan fingerprint density at radius 1 is 1.04 bits per heavy atom. The van der Waals surface area contributed by atoms with E-state index in [2.05, 4.69) is 10.2 Å². The number of benzene rings is 2. The standard InChI is InChI=1S/C20H21FN2O/c21-17-10-11-19(23-13-5-2-6-14-23)18(15-17)22-20(24)12-9-16-7-3-1-4-8-16/h1,3-4,7-12,15H,2,5-6,13-14H2,(H,22,24)/b12-9+. The molecular weight excluding hydrogens is 303 g/mol. The van der Waals surface area contributed by atoms with Crippen molar-refractivity contribution in [3.05, 3.63) is 66.0 Å². The number of rotatable bonds is 4. The lowest BCUT2D eigenvalue weighted by Crippen LogP contribution is -2.30. The molecule has 2 aromatic carbocycles. The Morgan fingerprint density at radius 3 is 2.54 bits per heavy atom. The van der Waals surface area contributed by atoms with E-state index in [0.29, 0.717) is 5.69 Å². The van der Waals surface area contributed by atoms with E-state index in [1.807, 2.05) is 30.3 Å². The van der Waals surface area contributed by atoms with Gasteiger partial charge in [0.15, 0.2) is 0 Å². The second kappa shape index (κ2) is 7.77. The van der Waals surface area contributed by atoms with Gasteiger partial charge in [-0.1, -0.05) is 30.3 Å². The highest BCUT2D eigenvalue weighted by atomic mass is 19.1. The molecule has 1 heterocycles. The molecule has 0 spiro atoms. The normalized spacial score (nSPS) is 14.8. The highest BCUT2D eigenvalue weighted by molar-refractivity contribution is 6.03. The van der Waals surface area contributed by atoms with Gasteiger partial charge in [0.2, 0.25) is 5.91 Å². The van der Waals surface area contributed by atoms with Crippen molar-refractivity contribution in [3.63, 3.8) is 0 Å². The van der Waals surface area contributed by atoms with Gasteiger partial charge in [0.05, 0.1) is 11.4 Å². The molecule has 0 unspecified atom stereocenters. The molecular formula is C20H21FN2O. The lowest BCUT2D eigenvalue weighted by molar-refractivity contribution is -0.111. The highest BCUT2D eigenvalue weighted by Crippen LogP contribution is 2.29. The van der Waals surface area contributed by atoms with Crippen LogP contribution in [0.15, 0.2) is 54.6 Å². The summed E-state index contributed by atoms with van der Waals surface area (Å²) in [6.07, 6.45) is 6.69. The quantitative estimate of drug-likeness (QED) is 0.842. The van der Waals surface area contributed by atoms with Crippen molar-refractivity contribution in [3.8, 4) is 0 Å². The van der Waals surface area contributed by atoms with E-state index in [-0.39, 0.29) is 11.7 Å². The third-order valence-corrected chi connectivity index (χ3v) is 4.14. The molecule has 1 N–H and O–H groups in total. The van der Waals surface area contributed by atoms with Gasteiger partial charge in [-0.3, -0.25) is 4.79 Å². The third-order valence-electron chi connectivity index (χ3n) is 4.14. The predicted octanol–water partition coefficient (Wildman–Crippen LogP) is 4.47. The summed E-state index contributed by atoms with van der Waals surface area (Å²) in [5, 5.41) is 2.81. The van der Waals surface area contributed by atoms with E-state index in [0.717, 1.165) is 37.2 Å². The molecule has 0 saturated carbocycles. The molecule has 1 fully saturated rings. The van der Waals surface area contributed by atoms with Gasteiger partial charge in [0.25, 0.3) is 0 Å². The largest absolute Gasteiger partial charge is 0.370 e. The monoisotopic (exact) mass is 324 g/mol. The fraction of sp³-hybridized carbons (Fsp3) is 0.250. The van der Waals surface area contributed by atoms with Crippen LogP contribution in [0.1, 0.15) is 24.8 Å². The molecule has 0 aromatic heterocycles. The number of piperidine rings is 1. The molecule has 1 aliphatic heterocycles. The lowest BCUT2D eigenvalue weighted by Gasteiger charge is -2.30. The van der Waals surface area contributed by atoms with Crippen molar-refractivity contribution in [1.82, 2.24) is 0 Å². The zero-order valence-electron chi connectivity index (χ0n) is 13.5. The fourth-order valence-corrected chi connectivity index (χ4v) is 2.93. The maximum Gasteiger partial charge on any atom is 0.248 e. The Balaban J connectivity index is 1.74. The molecule has 2 aromatic rings. The van der Waals surface area contributed by atoms with Crippen LogP contribution in [0.4, 0.5) is 15.8 Å². The topological polar surface area (TPSA) is 32.3 Å². The van der Waals surface area contributed by atoms with Crippen molar-refractivity contribution in [2.24, 2.45) is 0 Å². The first-order valence-electron chi connectivity index (χ1n) is 8.31. The van der Waals surface area contributed by atoms with Crippen molar-refractivity contribution in [2.75, 3.05) is 23.3 Å². The molecule has 1 aliphatic rings. The molecule has 1 amide bonds. The Morgan fingerprint density at radius 2 is 1.79 bits per heavy atom. The van der Waals surface area contributed by atoms with E-state index in [1.54, 1.807) is 12.1 Å². The van der Waals surface area contributed by atoms with Crippen LogP contribution in [0.3, 0.4) is 0 Å². The first kappa shape index (κ1) is 16.2.